The van der Waals surface area contributed by atoms with E-state index in [1.54, 1.807) is 0 Å². The van der Waals surface area contributed by atoms with Gasteiger partial charge in [0.1, 0.15) is 42.0 Å². The number of nitrogens with two attached hydrogens (primary N) is 6. The number of benzene rings is 1. The lowest BCUT2D eigenvalue weighted by atomic mass is 10.0. The van der Waals surface area contributed by atoms with Crippen LogP contribution in [0, 0.1) is 11.8 Å². The van der Waals surface area contributed by atoms with Crippen molar-refractivity contribution in [3.63, 3.8) is 0 Å². The lowest BCUT2D eigenvalue weighted by Gasteiger charge is -2.27. The number of carbonyl (C=O) groups excluding carboxylic acids is 9. The van der Waals surface area contributed by atoms with Crippen LogP contribution >= 0.6 is 0 Å². The highest BCUT2D eigenvalue weighted by Crippen LogP contribution is 2.14. The third kappa shape index (κ3) is 22.5. The molecule has 0 aliphatic rings. The maximum Gasteiger partial charge on any atom is 0.243 e. The van der Waals surface area contributed by atoms with E-state index in [1.807, 2.05) is 13.8 Å². The Hall–Kier alpha value is -6.52. The van der Waals surface area contributed by atoms with Crippen molar-refractivity contribution >= 4 is 59.1 Å². The van der Waals surface area contributed by atoms with Crippen LogP contribution in [-0.2, 0) is 49.6 Å². The van der Waals surface area contributed by atoms with Gasteiger partial charge in [-0.15, -0.1) is 0 Å². The van der Waals surface area contributed by atoms with Crippen LogP contribution in [0.1, 0.15) is 97.5 Å². The Morgan fingerprint density at radius 2 is 1.03 bits per heavy atom. The second-order valence-electron chi connectivity index (χ2n) is 16.1. The van der Waals surface area contributed by atoms with E-state index < -0.39 is 95.3 Å². The van der Waals surface area contributed by atoms with Crippen molar-refractivity contribution in [1.29, 1.82) is 0 Å². The van der Waals surface area contributed by atoms with Gasteiger partial charge in [-0.2, -0.15) is 0 Å². The highest BCUT2D eigenvalue weighted by Gasteiger charge is 2.33. The number of primary amides is 3. The lowest BCUT2D eigenvalue weighted by Crippen LogP contribution is -2.59. The summed E-state index contributed by atoms with van der Waals surface area (Å²) in [5.74, 6) is -7.85. The second-order valence-corrected chi connectivity index (χ2v) is 16.1. The van der Waals surface area contributed by atoms with E-state index in [2.05, 4.69) is 36.9 Å². The molecule has 0 aliphatic heterocycles. The zero-order chi connectivity index (χ0) is 48.5. The normalized spacial score (nSPS) is 14.2. The molecule has 23 heteroatoms. The fraction of sp³-hybridized carbons (Fsp3) is 0.610. The molecule has 7 atom stereocenters. The van der Waals surface area contributed by atoms with E-state index >= 15 is 0 Å². The van der Waals surface area contributed by atoms with Gasteiger partial charge in [-0.05, 0) is 88.4 Å². The predicted molar refractivity (Wildman–Crippen MR) is 237 cm³/mol. The third-order valence-electron chi connectivity index (χ3n) is 9.87. The summed E-state index contributed by atoms with van der Waals surface area (Å²) in [6.45, 7) is 6.92. The van der Waals surface area contributed by atoms with Crippen molar-refractivity contribution in [1.82, 2.24) is 31.9 Å². The van der Waals surface area contributed by atoms with Crippen LogP contribution in [0.4, 0.5) is 0 Å². The summed E-state index contributed by atoms with van der Waals surface area (Å²) in [6.07, 6.45) is 0.487. The van der Waals surface area contributed by atoms with Gasteiger partial charge in [-0.25, -0.2) is 0 Å². The van der Waals surface area contributed by atoms with Gasteiger partial charge in [0, 0.05) is 31.7 Å². The number of nitrogens with zero attached hydrogens (tertiary/aromatic N) is 1. The summed E-state index contributed by atoms with van der Waals surface area (Å²) >= 11 is 0. The maximum atomic E-state index is 14.2. The van der Waals surface area contributed by atoms with Crippen LogP contribution in [-0.4, -0.2) is 114 Å². The summed E-state index contributed by atoms with van der Waals surface area (Å²) in [4.78, 5) is 121. The SMILES string of the molecule is CC(C)C[C@H](NC(=O)[C@H](C)NC(=O)[C@H](CCCCN)NC(=O)[C@H](CCCN=C(N)N)NC(=O)[C@H](Cc1ccc(O)cc1)NC(=O)[C@H](CCC(N)=O)NC(=O)[C@@H](C)CCC(N)=O)C(N)=O. The Balaban J connectivity index is 3.52. The molecule has 0 aliphatic carbocycles. The van der Waals surface area contributed by atoms with E-state index in [-0.39, 0.29) is 88.5 Å². The first-order chi connectivity index (χ1) is 30.0. The average molecular weight is 904 g/mol. The summed E-state index contributed by atoms with van der Waals surface area (Å²) in [5, 5.41) is 25.4. The monoisotopic (exact) mass is 904 g/mol. The highest BCUT2D eigenvalue weighted by molar-refractivity contribution is 5.97. The lowest BCUT2D eigenvalue weighted by molar-refractivity contribution is -0.135. The average Bonchev–Trinajstić information content (AvgIpc) is 3.21. The van der Waals surface area contributed by atoms with E-state index in [0.717, 1.165) is 0 Å². The molecule has 0 unspecified atom stereocenters. The highest BCUT2D eigenvalue weighted by atomic mass is 16.3. The van der Waals surface area contributed by atoms with Gasteiger partial charge in [0.15, 0.2) is 5.96 Å². The number of unbranched alkanes of at least 4 members (excludes halogenated alkanes) is 1. The predicted octanol–water partition coefficient (Wildman–Crippen LogP) is -3.26. The molecule has 0 bridgehead atoms. The number of hydrogen-bond acceptors (Lipinski definition) is 12. The van der Waals surface area contributed by atoms with Crippen molar-refractivity contribution in [3.05, 3.63) is 29.8 Å². The van der Waals surface area contributed by atoms with Crippen molar-refractivity contribution < 1.29 is 48.3 Å². The number of aliphatic imine (C=N–C) groups is 1. The maximum absolute atomic E-state index is 14.2. The van der Waals surface area contributed by atoms with Crippen molar-refractivity contribution in [2.75, 3.05) is 13.1 Å². The first kappa shape index (κ1) is 55.5. The minimum atomic E-state index is -1.44. The topological polar surface area (TPSA) is 415 Å². The van der Waals surface area contributed by atoms with Crippen LogP contribution in [0.3, 0.4) is 0 Å². The molecule has 0 heterocycles. The van der Waals surface area contributed by atoms with E-state index in [9.17, 15) is 48.3 Å². The minimum Gasteiger partial charge on any atom is -0.508 e. The number of nitrogens with one attached hydrogen (secondary N) is 6. The molecule has 0 aromatic heterocycles. The molecule has 0 saturated heterocycles. The van der Waals surface area contributed by atoms with Crippen LogP contribution in [0.5, 0.6) is 5.75 Å². The molecule has 0 saturated carbocycles. The molecule has 23 nitrogen and oxygen atoms in total. The number of aromatic hydroxyl groups is 1. The molecule has 0 fully saturated rings. The van der Waals surface area contributed by atoms with Crippen LogP contribution < -0.4 is 66.3 Å². The number of amides is 9. The minimum absolute atomic E-state index is 0.0189. The number of guanidine groups is 1. The van der Waals surface area contributed by atoms with Crippen molar-refractivity contribution in [2.24, 2.45) is 51.2 Å². The standard InChI is InChI=1S/C41H69N13O10/c1-22(2)20-30(34(45)58)53-36(60)24(4)49-37(61)27(8-5-6-18-42)51-38(62)28(9-7-19-48-41(46)47)52-40(64)31(21-25-11-13-26(55)14-12-25)54-39(63)29(15-17-33(44)57)50-35(59)23(3)10-16-32(43)56/h11-14,22-24,27-31,55H,5-10,15-21,42H2,1-4H3,(H2,43,56)(H2,44,57)(H2,45,58)(H,49,61)(H,50,59)(H,51,62)(H,52,64)(H,53,60)(H,54,63)(H4,46,47,48)/t23-,24-,27-,28-,29-,30-,31-/m0/s1. The Labute approximate surface area is 373 Å². The van der Waals surface area contributed by atoms with Gasteiger partial charge >= 0.3 is 0 Å². The molecule has 64 heavy (non-hydrogen) atoms. The van der Waals surface area contributed by atoms with E-state index in [4.69, 9.17) is 34.4 Å². The number of hydrogen-bond donors (Lipinski definition) is 13. The summed E-state index contributed by atoms with van der Waals surface area (Å²) in [5.41, 5.74) is 33.2. The molecule has 9 amide bonds. The van der Waals surface area contributed by atoms with Gasteiger partial charge < -0.3 is 71.4 Å². The van der Waals surface area contributed by atoms with Crippen LogP contribution in [0.15, 0.2) is 29.3 Å². The molecule has 0 radical (unpaired) electrons. The first-order valence-electron chi connectivity index (χ1n) is 21.3. The van der Waals surface area contributed by atoms with E-state index in [1.165, 1.54) is 38.1 Å². The number of carbonyl (C=O) groups is 9. The summed E-state index contributed by atoms with van der Waals surface area (Å²) in [7, 11) is 0. The number of phenolic OH excluding ortho intramolecular Hbond substituents is 1. The third-order valence-corrected chi connectivity index (χ3v) is 9.87. The molecule has 1 rings (SSSR count). The molecular weight excluding hydrogens is 835 g/mol. The second kappa shape index (κ2) is 29.0. The Kier molecular flexibility index (Phi) is 25.1. The zero-order valence-electron chi connectivity index (χ0n) is 37.2. The van der Waals surface area contributed by atoms with Crippen molar-refractivity contribution in [2.45, 2.75) is 135 Å². The fourth-order valence-corrected chi connectivity index (χ4v) is 6.18. The fourth-order valence-electron chi connectivity index (χ4n) is 6.18. The Morgan fingerprint density at radius 3 is 1.55 bits per heavy atom. The first-order valence-corrected chi connectivity index (χ1v) is 21.3. The number of rotatable bonds is 31. The zero-order valence-corrected chi connectivity index (χ0v) is 37.2. The molecule has 1 aromatic rings. The molecule has 0 spiro atoms. The van der Waals surface area contributed by atoms with Crippen molar-refractivity contribution in [3.8, 4) is 5.75 Å². The summed E-state index contributed by atoms with van der Waals surface area (Å²) in [6, 6.07) is -1.85. The molecular formula is C41H69N13O10. The molecule has 358 valence electrons. The van der Waals surface area contributed by atoms with Crippen LogP contribution in [0.2, 0.25) is 0 Å². The van der Waals surface area contributed by atoms with Gasteiger partial charge in [0.2, 0.25) is 53.2 Å². The van der Waals surface area contributed by atoms with E-state index in [0.29, 0.717) is 18.4 Å². The van der Waals surface area contributed by atoms with Gasteiger partial charge in [0.05, 0.1) is 0 Å². The molecule has 1 aromatic carbocycles. The van der Waals surface area contributed by atoms with Gasteiger partial charge in [0.25, 0.3) is 0 Å². The van der Waals surface area contributed by atoms with Crippen LogP contribution in [0.25, 0.3) is 0 Å². The Bertz CT molecular complexity index is 1770. The van der Waals surface area contributed by atoms with Gasteiger partial charge in [-0.1, -0.05) is 32.9 Å². The Morgan fingerprint density at radius 1 is 0.562 bits per heavy atom. The molecule has 19 N–H and O–H groups in total. The quantitative estimate of drug-likeness (QED) is 0.0198. The smallest absolute Gasteiger partial charge is 0.243 e. The summed E-state index contributed by atoms with van der Waals surface area (Å²) < 4.78 is 0. The number of phenols is 1. The van der Waals surface area contributed by atoms with Gasteiger partial charge in [-0.3, -0.25) is 48.1 Å². The largest absolute Gasteiger partial charge is 0.508 e.